The van der Waals surface area contributed by atoms with Crippen LogP contribution in [0.1, 0.15) is 34.7 Å². The van der Waals surface area contributed by atoms with E-state index in [2.05, 4.69) is 36.5 Å². The summed E-state index contributed by atoms with van der Waals surface area (Å²) in [6, 6.07) is 13.9. The van der Waals surface area contributed by atoms with E-state index in [1.807, 2.05) is 26.1 Å². The van der Waals surface area contributed by atoms with Gasteiger partial charge in [0.1, 0.15) is 5.82 Å². The molecule has 106 valence electrons. The molecule has 1 nitrogen and oxygen atoms in total. The Kier molecular flexibility index (Phi) is 4.91. The topological polar surface area (TPSA) is 12.0 Å². The molecule has 0 spiro atoms. The summed E-state index contributed by atoms with van der Waals surface area (Å²) < 4.78 is 14.0. The average molecular weight is 271 g/mol. The fourth-order valence-corrected chi connectivity index (χ4v) is 2.56. The van der Waals surface area contributed by atoms with Crippen LogP contribution in [0.2, 0.25) is 0 Å². The summed E-state index contributed by atoms with van der Waals surface area (Å²) in [5, 5.41) is 3.23. The van der Waals surface area contributed by atoms with E-state index in [1.54, 1.807) is 6.07 Å². The second kappa shape index (κ2) is 6.67. The van der Waals surface area contributed by atoms with Crippen LogP contribution in [-0.2, 0) is 6.42 Å². The predicted molar refractivity (Wildman–Crippen MR) is 82.4 cm³/mol. The van der Waals surface area contributed by atoms with Gasteiger partial charge in [0.05, 0.1) is 0 Å². The summed E-state index contributed by atoms with van der Waals surface area (Å²) in [6.45, 7) is 4.09. The molecular formula is C18H22FN. The zero-order valence-corrected chi connectivity index (χ0v) is 12.4. The summed E-state index contributed by atoms with van der Waals surface area (Å²) in [6.07, 6.45) is 1.83. The molecule has 1 unspecified atom stereocenters. The monoisotopic (exact) mass is 271 g/mol. The number of benzene rings is 2. The molecule has 0 heterocycles. The normalized spacial score (nSPS) is 12.4. The van der Waals surface area contributed by atoms with E-state index in [-0.39, 0.29) is 11.9 Å². The third kappa shape index (κ3) is 3.67. The van der Waals surface area contributed by atoms with E-state index < -0.39 is 0 Å². The molecule has 20 heavy (non-hydrogen) atoms. The van der Waals surface area contributed by atoms with Gasteiger partial charge in [-0.2, -0.15) is 0 Å². The lowest BCUT2D eigenvalue weighted by Gasteiger charge is -2.18. The molecule has 0 amide bonds. The minimum absolute atomic E-state index is 0.0513. The second-order valence-corrected chi connectivity index (χ2v) is 5.39. The van der Waals surface area contributed by atoms with Crippen LogP contribution >= 0.6 is 0 Å². The molecule has 0 radical (unpaired) electrons. The molecule has 2 rings (SSSR count). The Morgan fingerprint density at radius 2 is 1.80 bits per heavy atom. The fourth-order valence-electron chi connectivity index (χ4n) is 2.56. The Morgan fingerprint density at radius 3 is 2.50 bits per heavy atom. The first kappa shape index (κ1) is 14.7. The van der Waals surface area contributed by atoms with Crippen molar-refractivity contribution in [3.63, 3.8) is 0 Å². The lowest BCUT2D eigenvalue weighted by atomic mass is 9.97. The van der Waals surface area contributed by atoms with Gasteiger partial charge in [-0.3, -0.25) is 0 Å². The number of halogens is 1. The molecule has 0 saturated heterocycles. The number of hydrogen-bond acceptors (Lipinski definition) is 1. The molecule has 2 aromatic rings. The van der Waals surface area contributed by atoms with Crippen molar-refractivity contribution >= 4 is 0 Å². The largest absolute Gasteiger partial charge is 0.313 e. The quantitative estimate of drug-likeness (QED) is 0.853. The van der Waals surface area contributed by atoms with Crippen molar-refractivity contribution in [2.24, 2.45) is 0 Å². The van der Waals surface area contributed by atoms with E-state index in [0.717, 1.165) is 24.0 Å². The maximum absolute atomic E-state index is 14.0. The van der Waals surface area contributed by atoms with E-state index in [9.17, 15) is 4.39 Å². The van der Waals surface area contributed by atoms with Gasteiger partial charge in [-0.05, 0) is 45.4 Å². The Balaban J connectivity index is 2.11. The molecule has 0 saturated carbocycles. The highest BCUT2D eigenvalue weighted by molar-refractivity contribution is 5.28. The highest BCUT2D eigenvalue weighted by Crippen LogP contribution is 2.23. The van der Waals surface area contributed by atoms with Crippen LogP contribution in [0, 0.1) is 19.7 Å². The Hall–Kier alpha value is -1.67. The highest BCUT2D eigenvalue weighted by atomic mass is 19.1. The van der Waals surface area contributed by atoms with Crippen LogP contribution < -0.4 is 5.32 Å². The fraction of sp³-hybridized carbons (Fsp3) is 0.333. The zero-order chi connectivity index (χ0) is 14.5. The van der Waals surface area contributed by atoms with Gasteiger partial charge in [-0.15, -0.1) is 0 Å². The molecule has 2 aromatic carbocycles. The van der Waals surface area contributed by atoms with Gasteiger partial charge in [0.2, 0.25) is 0 Å². The van der Waals surface area contributed by atoms with Crippen molar-refractivity contribution in [2.45, 2.75) is 32.7 Å². The van der Waals surface area contributed by atoms with Crippen molar-refractivity contribution in [2.75, 3.05) is 7.05 Å². The van der Waals surface area contributed by atoms with Gasteiger partial charge in [0.25, 0.3) is 0 Å². The molecule has 1 atom stereocenters. The summed E-state index contributed by atoms with van der Waals surface area (Å²) >= 11 is 0. The number of aryl methyl sites for hydroxylation is 3. The molecule has 0 fully saturated rings. The second-order valence-electron chi connectivity index (χ2n) is 5.39. The molecule has 0 bridgehead atoms. The average Bonchev–Trinajstić information content (AvgIpc) is 2.43. The van der Waals surface area contributed by atoms with Gasteiger partial charge >= 0.3 is 0 Å². The van der Waals surface area contributed by atoms with Crippen LogP contribution in [0.15, 0.2) is 42.5 Å². The van der Waals surface area contributed by atoms with E-state index in [0.29, 0.717) is 0 Å². The molecule has 2 heteroatoms. The van der Waals surface area contributed by atoms with E-state index in [4.69, 9.17) is 0 Å². The van der Waals surface area contributed by atoms with Crippen molar-refractivity contribution in [3.05, 3.63) is 70.5 Å². The maximum atomic E-state index is 14.0. The zero-order valence-electron chi connectivity index (χ0n) is 12.4. The summed E-state index contributed by atoms with van der Waals surface area (Å²) in [7, 11) is 1.89. The molecule has 0 aliphatic rings. The van der Waals surface area contributed by atoms with Crippen molar-refractivity contribution in [1.82, 2.24) is 5.32 Å². The van der Waals surface area contributed by atoms with Crippen molar-refractivity contribution in [3.8, 4) is 0 Å². The lowest BCUT2D eigenvalue weighted by Crippen LogP contribution is -2.18. The Bertz CT molecular complexity index is 577. The van der Waals surface area contributed by atoms with Gasteiger partial charge < -0.3 is 5.32 Å². The van der Waals surface area contributed by atoms with Crippen LogP contribution in [0.25, 0.3) is 0 Å². The first-order chi connectivity index (χ1) is 9.60. The van der Waals surface area contributed by atoms with Gasteiger partial charge in [0, 0.05) is 11.6 Å². The smallest absolute Gasteiger partial charge is 0.127 e. The third-order valence-corrected chi connectivity index (χ3v) is 3.68. The van der Waals surface area contributed by atoms with E-state index >= 15 is 0 Å². The van der Waals surface area contributed by atoms with E-state index in [1.165, 1.54) is 11.1 Å². The summed E-state index contributed by atoms with van der Waals surface area (Å²) in [4.78, 5) is 0. The first-order valence-electron chi connectivity index (χ1n) is 7.09. The van der Waals surface area contributed by atoms with Gasteiger partial charge in [-0.25, -0.2) is 4.39 Å². The maximum Gasteiger partial charge on any atom is 0.127 e. The summed E-state index contributed by atoms with van der Waals surface area (Å²) in [5.41, 5.74) is 4.43. The minimum atomic E-state index is -0.126. The Labute approximate surface area is 120 Å². The molecule has 0 aliphatic carbocycles. The van der Waals surface area contributed by atoms with Crippen LogP contribution in [0.4, 0.5) is 4.39 Å². The van der Waals surface area contributed by atoms with Crippen LogP contribution in [0.5, 0.6) is 0 Å². The SMILES string of the molecule is CNC(CCc1cccc(C)c1)c1cc(C)ccc1F. The van der Waals surface area contributed by atoms with Crippen LogP contribution in [0.3, 0.4) is 0 Å². The summed E-state index contributed by atoms with van der Waals surface area (Å²) in [5.74, 6) is -0.126. The minimum Gasteiger partial charge on any atom is -0.313 e. The molecule has 1 N–H and O–H groups in total. The predicted octanol–water partition coefficient (Wildman–Crippen LogP) is 4.34. The lowest BCUT2D eigenvalue weighted by molar-refractivity contribution is 0.508. The molecule has 0 aromatic heterocycles. The van der Waals surface area contributed by atoms with Crippen molar-refractivity contribution < 1.29 is 4.39 Å². The number of rotatable bonds is 5. The Morgan fingerprint density at radius 1 is 1.05 bits per heavy atom. The number of hydrogen-bond donors (Lipinski definition) is 1. The van der Waals surface area contributed by atoms with Crippen LogP contribution in [-0.4, -0.2) is 7.05 Å². The first-order valence-corrected chi connectivity index (χ1v) is 7.09. The van der Waals surface area contributed by atoms with Gasteiger partial charge in [0.15, 0.2) is 0 Å². The van der Waals surface area contributed by atoms with Crippen molar-refractivity contribution in [1.29, 1.82) is 0 Å². The van der Waals surface area contributed by atoms with Gasteiger partial charge in [-0.1, -0.05) is 47.5 Å². The third-order valence-electron chi connectivity index (χ3n) is 3.68. The standard InChI is InChI=1S/C18H22FN/c1-13-5-4-6-15(11-13)8-10-18(20-3)16-12-14(2)7-9-17(16)19/h4-7,9,11-12,18,20H,8,10H2,1-3H3. The number of nitrogens with one attached hydrogen (secondary N) is 1. The highest BCUT2D eigenvalue weighted by Gasteiger charge is 2.14. The molecular weight excluding hydrogens is 249 g/mol. The molecule has 0 aliphatic heterocycles.